The van der Waals surface area contributed by atoms with Gasteiger partial charge in [0.2, 0.25) is 0 Å². The minimum absolute atomic E-state index is 0.206. The molecule has 6 aromatic carbocycles. The van der Waals surface area contributed by atoms with Gasteiger partial charge in [0.05, 0.1) is 16.6 Å². The molecule has 3 aromatic heterocycles. The molecule has 0 aliphatic carbocycles. The molecule has 0 bridgehead atoms. The fourth-order valence-corrected chi connectivity index (χ4v) is 8.82. The van der Waals surface area contributed by atoms with Crippen molar-refractivity contribution in [1.29, 1.82) is 0 Å². The Morgan fingerprint density at radius 2 is 0.949 bits per heavy atom. The molecule has 2 nitrogen and oxygen atoms in total. The predicted molar refractivity (Wildman–Crippen MR) is 164 cm³/mol. The molecular formula is C36H17BN2. The summed E-state index contributed by atoms with van der Waals surface area (Å²) in [5.41, 5.74) is 18.0. The summed E-state index contributed by atoms with van der Waals surface area (Å²) in [5.74, 6) is 0. The molecule has 0 fully saturated rings. The smallest absolute Gasteiger partial charge is 0.333 e. The maximum absolute atomic E-state index is 2.70. The number of para-hydroxylation sites is 2. The number of fused-ring (bicyclic) bond motifs is 5. The van der Waals surface area contributed by atoms with Crippen molar-refractivity contribution in [2.45, 2.75) is 0 Å². The van der Waals surface area contributed by atoms with Crippen LogP contribution in [0.5, 0.6) is 0 Å². The predicted octanol–water partition coefficient (Wildman–Crippen LogP) is 7.54. The van der Waals surface area contributed by atoms with E-state index in [1.165, 1.54) is 104 Å². The first-order valence-electron chi connectivity index (χ1n) is 13.8. The third kappa shape index (κ3) is 1.69. The number of benzene rings is 6. The summed E-state index contributed by atoms with van der Waals surface area (Å²) in [5, 5.41) is 8.24. The first kappa shape index (κ1) is 18.3. The van der Waals surface area contributed by atoms with Crippen molar-refractivity contribution in [3.8, 4) is 33.4 Å². The first-order chi connectivity index (χ1) is 19.4. The molecule has 9 aromatic rings. The van der Waals surface area contributed by atoms with E-state index in [-0.39, 0.29) is 6.85 Å². The number of nitrogens with zero attached hydrogens (tertiary/aromatic N) is 2. The molecule has 0 radical (unpaired) electrons. The highest BCUT2D eigenvalue weighted by Gasteiger charge is 2.45. The number of hydrogen-bond acceptors (Lipinski definition) is 0. The second-order valence-corrected chi connectivity index (χ2v) is 11.6. The van der Waals surface area contributed by atoms with Crippen molar-refractivity contribution in [2.75, 3.05) is 0 Å². The van der Waals surface area contributed by atoms with Gasteiger partial charge in [0.15, 0.2) is 0 Å². The molecule has 12 rings (SSSR count). The SMILES string of the molecule is c1ccc(-c2cc3c4ccc5c6c4n4c7c8c(ccc7c(c2)c34)-c2cccc3c4cccc-5c4n(c23)B68)cc1. The Hall–Kier alpha value is -5.02. The molecule has 0 amide bonds. The van der Waals surface area contributed by atoms with Crippen LogP contribution in [-0.2, 0) is 0 Å². The Kier molecular flexibility index (Phi) is 2.60. The molecule has 0 atom stereocenters. The summed E-state index contributed by atoms with van der Waals surface area (Å²) in [4.78, 5) is 0. The Labute approximate surface area is 222 Å². The van der Waals surface area contributed by atoms with Gasteiger partial charge in [-0.05, 0) is 45.3 Å². The summed E-state index contributed by atoms with van der Waals surface area (Å²) >= 11 is 0. The van der Waals surface area contributed by atoms with Crippen LogP contribution >= 0.6 is 0 Å². The maximum atomic E-state index is 2.70. The van der Waals surface area contributed by atoms with Crippen LogP contribution in [0.25, 0.3) is 93.3 Å². The van der Waals surface area contributed by atoms with Crippen LogP contribution in [-0.4, -0.2) is 15.7 Å². The van der Waals surface area contributed by atoms with Gasteiger partial charge in [0.1, 0.15) is 0 Å². The second kappa shape index (κ2) is 5.55. The normalized spacial score (nSPS) is 14.1. The molecule has 3 heteroatoms. The third-order valence-electron chi connectivity index (χ3n) is 10.1. The second-order valence-electron chi connectivity index (χ2n) is 11.6. The number of aromatic nitrogens is 2. The van der Waals surface area contributed by atoms with Crippen molar-refractivity contribution in [3.63, 3.8) is 0 Å². The van der Waals surface area contributed by atoms with E-state index in [9.17, 15) is 0 Å². The number of rotatable bonds is 1. The highest BCUT2D eigenvalue weighted by atomic mass is 15.0. The van der Waals surface area contributed by atoms with Crippen LogP contribution < -0.4 is 10.9 Å². The highest BCUT2D eigenvalue weighted by Crippen LogP contribution is 2.50. The van der Waals surface area contributed by atoms with Crippen molar-refractivity contribution in [1.82, 2.24) is 8.88 Å². The van der Waals surface area contributed by atoms with Crippen LogP contribution in [0, 0.1) is 0 Å². The molecule has 0 saturated heterocycles. The molecular weight excluding hydrogens is 471 g/mol. The molecule has 0 unspecified atom stereocenters. The van der Waals surface area contributed by atoms with Crippen molar-refractivity contribution in [3.05, 3.63) is 103 Å². The lowest BCUT2D eigenvalue weighted by atomic mass is 9.44. The summed E-state index contributed by atoms with van der Waals surface area (Å²) in [6.07, 6.45) is 0. The van der Waals surface area contributed by atoms with Crippen LogP contribution in [0.3, 0.4) is 0 Å². The summed E-state index contributed by atoms with van der Waals surface area (Å²) in [6.45, 7) is 0.206. The standard InChI is InChI=1S/C36H17BN2/c1-2-6-18(7-3-1)19-16-28-26-14-12-20-22-8-4-10-24-25-11-5-9-23-21-13-15-27-29(17-19)32(28)38-35(26)30(20)37(31(21)36(27)38)39(33(22)24)34(23)25/h1-17H. The summed E-state index contributed by atoms with van der Waals surface area (Å²) in [7, 11) is 0. The van der Waals surface area contributed by atoms with E-state index in [4.69, 9.17) is 0 Å². The Balaban J connectivity index is 1.43. The van der Waals surface area contributed by atoms with Gasteiger partial charge in [0.25, 0.3) is 0 Å². The van der Waals surface area contributed by atoms with Gasteiger partial charge in [-0.2, -0.15) is 0 Å². The molecule has 3 aliphatic rings. The van der Waals surface area contributed by atoms with Gasteiger partial charge in [-0.15, -0.1) is 0 Å². The van der Waals surface area contributed by atoms with E-state index in [1.54, 1.807) is 0 Å². The van der Waals surface area contributed by atoms with E-state index in [1.807, 2.05) is 0 Å². The van der Waals surface area contributed by atoms with E-state index in [2.05, 4.69) is 112 Å². The minimum atomic E-state index is 0.206. The highest BCUT2D eigenvalue weighted by molar-refractivity contribution is 6.92. The maximum Gasteiger partial charge on any atom is 0.333 e. The van der Waals surface area contributed by atoms with Gasteiger partial charge < -0.3 is 8.88 Å². The van der Waals surface area contributed by atoms with E-state index >= 15 is 0 Å². The molecule has 39 heavy (non-hydrogen) atoms. The van der Waals surface area contributed by atoms with E-state index < -0.39 is 0 Å². The van der Waals surface area contributed by atoms with Crippen LogP contribution in [0.4, 0.5) is 0 Å². The van der Waals surface area contributed by atoms with Crippen molar-refractivity contribution in [2.24, 2.45) is 0 Å². The summed E-state index contributed by atoms with van der Waals surface area (Å²) in [6, 6.07) is 39.2. The zero-order valence-corrected chi connectivity index (χ0v) is 20.8. The van der Waals surface area contributed by atoms with Gasteiger partial charge in [0, 0.05) is 54.5 Å². The third-order valence-corrected chi connectivity index (χ3v) is 10.1. The lowest BCUT2D eigenvalue weighted by Gasteiger charge is -2.35. The number of hydrogen-bond donors (Lipinski definition) is 0. The molecule has 0 N–H and O–H groups in total. The van der Waals surface area contributed by atoms with Crippen LogP contribution in [0.2, 0.25) is 0 Å². The fraction of sp³-hybridized carbons (Fsp3) is 0. The average molecular weight is 488 g/mol. The minimum Gasteiger partial charge on any atom is -0.375 e. The van der Waals surface area contributed by atoms with E-state index in [0.717, 1.165) is 0 Å². The zero-order valence-electron chi connectivity index (χ0n) is 20.8. The lowest BCUT2D eigenvalue weighted by Crippen LogP contribution is -2.55. The molecule has 3 aliphatic heterocycles. The summed E-state index contributed by atoms with van der Waals surface area (Å²) < 4.78 is 5.34. The van der Waals surface area contributed by atoms with Crippen molar-refractivity contribution < 1.29 is 0 Å². The fourth-order valence-electron chi connectivity index (χ4n) is 8.82. The zero-order chi connectivity index (χ0) is 24.7. The van der Waals surface area contributed by atoms with Gasteiger partial charge in [-0.3, -0.25) is 0 Å². The lowest BCUT2D eigenvalue weighted by molar-refractivity contribution is 1.29. The van der Waals surface area contributed by atoms with Crippen molar-refractivity contribution >= 4 is 77.7 Å². The topological polar surface area (TPSA) is 9.34 Å². The average Bonchev–Trinajstić information content (AvgIpc) is 3.64. The Morgan fingerprint density at radius 1 is 0.385 bits per heavy atom. The Bertz CT molecular complexity index is 2500. The monoisotopic (exact) mass is 488 g/mol. The van der Waals surface area contributed by atoms with Gasteiger partial charge >= 0.3 is 6.85 Å². The van der Waals surface area contributed by atoms with Crippen LogP contribution in [0.15, 0.2) is 103 Å². The first-order valence-corrected chi connectivity index (χ1v) is 13.8. The quantitative estimate of drug-likeness (QED) is 0.211. The van der Waals surface area contributed by atoms with Gasteiger partial charge in [-0.1, -0.05) is 91.0 Å². The molecule has 6 heterocycles. The Morgan fingerprint density at radius 3 is 1.54 bits per heavy atom. The van der Waals surface area contributed by atoms with E-state index in [0.29, 0.717) is 0 Å². The largest absolute Gasteiger partial charge is 0.375 e. The van der Waals surface area contributed by atoms with Gasteiger partial charge in [-0.25, -0.2) is 0 Å². The molecule has 174 valence electrons. The molecule has 0 spiro atoms. The van der Waals surface area contributed by atoms with Crippen LogP contribution in [0.1, 0.15) is 0 Å². The molecule has 0 saturated carbocycles.